The molecule has 29 heavy (non-hydrogen) atoms. The standard InChI is InChI=1S/C18H20Cl2NO7P/c1-12(18(22)26-8-9-29(23,24-2)25-3)27-14-4-6-15(7-5-14)28-17-16(20)10-13(19)11-21-17/h4-7,10-12H,8-9H2,1-3H3. The maximum Gasteiger partial charge on any atom is 0.347 e. The minimum absolute atomic E-state index is 0.0498. The van der Waals surface area contributed by atoms with Gasteiger partial charge in [0, 0.05) is 20.4 Å². The second kappa shape index (κ2) is 10.8. The van der Waals surface area contributed by atoms with Crippen molar-refractivity contribution in [1.29, 1.82) is 0 Å². The molecule has 0 saturated heterocycles. The van der Waals surface area contributed by atoms with Crippen LogP contribution in [0.15, 0.2) is 36.5 Å². The zero-order chi connectivity index (χ0) is 21.4. The van der Waals surface area contributed by atoms with Crippen molar-refractivity contribution in [3.63, 3.8) is 0 Å². The first-order valence-corrected chi connectivity index (χ1v) is 10.9. The Hall–Kier alpha value is -1.83. The van der Waals surface area contributed by atoms with E-state index in [1.54, 1.807) is 24.3 Å². The van der Waals surface area contributed by atoms with Gasteiger partial charge < -0.3 is 23.3 Å². The summed E-state index contributed by atoms with van der Waals surface area (Å²) < 4.78 is 37.6. The summed E-state index contributed by atoms with van der Waals surface area (Å²) in [5.41, 5.74) is 0. The molecule has 0 amide bonds. The summed E-state index contributed by atoms with van der Waals surface area (Å²) in [6, 6.07) is 8.02. The third kappa shape index (κ3) is 7.17. The predicted octanol–water partition coefficient (Wildman–Crippen LogP) is 4.98. The fourth-order valence-electron chi connectivity index (χ4n) is 2.06. The van der Waals surface area contributed by atoms with E-state index in [9.17, 15) is 9.36 Å². The number of carbonyl (C=O) groups excluding carboxylic acids is 1. The van der Waals surface area contributed by atoms with E-state index in [2.05, 4.69) is 4.98 Å². The van der Waals surface area contributed by atoms with Crippen molar-refractivity contribution in [3.05, 3.63) is 46.6 Å². The first-order chi connectivity index (χ1) is 13.8. The first-order valence-electron chi connectivity index (χ1n) is 8.39. The first kappa shape index (κ1) is 23.4. The summed E-state index contributed by atoms with van der Waals surface area (Å²) in [4.78, 5) is 16.0. The molecule has 1 unspecified atom stereocenters. The van der Waals surface area contributed by atoms with Crippen molar-refractivity contribution in [3.8, 4) is 17.4 Å². The highest BCUT2D eigenvalue weighted by atomic mass is 35.5. The Bertz CT molecular complexity index is 871. The lowest BCUT2D eigenvalue weighted by Gasteiger charge is -2.16. The highest BCUT2D eigenvalue weighted by molar-refractivity contribution is 7.53. The van der Waals surface area contributed by atoms with Crippen LogP contribution in [0, 0.1) is 0 Å². The number of halogens is 2. The summed E-state index contributed by atoms with van der Waals surface area (Å²) in [5, 5.41) is 0.680. The monoisotopic (exact) mass is 463 g/mol. The van der Waals surface area contributed by atoms with Gasteiger partial charge in [-0.2, -0.15) is 0 Å². The number of carbonyl (C=O) groups is 1. The van der Waals surface area contributed by atoms with Crippen LogP contribution in [0.1, 0.15) is 6.92 Å². The maximum absolute atomic E-state index is 12.0. The summed E-state index contributed by atoms with van der Waals surface area (Å²) in [6.07, 6.45) is 0.496. The van der Waals surface area contributed by atoms with Gasteiger partial charge in [0.2, 0.25) is 5.88 Å². The van der Waals surface area contributed by atoms with Crippen LogP contribution in [0.5, 0.6) is 17.4 Å². The normalized spacial score (nSPS) is 12.3. The second-order valence-electron chi connectivity index (χ2n) is 5.64. The minimum atomic E-state index is -3.23. The van der Waals surface area contributed by atoms with E-state index in [4.69, 9.17) is 46.5 Å². The smallest absolute Gasteiger partial charge is 0.347 e. The van der Waals surface area contributed by atoms with Crippen molar-refractivity contribution in [1.82, 2.24) is 4.98 Å². The summed E-state index contributed by atoms with van der Waals surface area (Å²) in [7, 11) is -0.697. The average Bonchev–Trinajstić information content (AvgIpc) is 2.71. The van der Waals surface area contributed by atoms with Crippen molar-refractivity contribution < 1.29 is 32.6 Å². The quantitative estimate of drug-likeness (QED) is 0.359. The largest absolute Gasteiger partial charge is 0.479 e. The Morgan fingerprint density at radius 1 is 1.14 bits per heavy atom. The van der Waals surface area contributed by atoms with Crippen LogP contribution in [0.4, 0.5) is 0 Å². The van der Waals surface area contributed by atoms with Gasteiger partial charge in [-0.05, 0) is 37.3 Å². The number of nitrogens with zero attached hydrogens (tertiary/aromatic N) is 1. The number of esters is 1. The van der Waals surface area contributed by atoms with Gasteiger partial charge >= 0.3 is 13.6 Å². The molecule has 1 atom stereocenters. The number of hydrogen-bond acceptors (Lipinski definition) is 8. The SMILES string of the molecule is COP(=O)(CCOC(=O)C(C)Oc1ccc(Oc2ncc(Cl)cc2Cl)cc1)OC. The molecule has 0 aliphatic heterocycles. The molecule has 0 aliphatic rings. The molecule has 11 heteroatoms. The number of pyridine rings is 1. The topological polar surface area (TPSA) is 93.2 Å². The summed E-state index contributed by atoms with van der Waals surface area (Å²) >= 11 is 11.8. The lowest BCUT2D eigenvalue weighted by molar-refractivity contribution is -0.150. The van der Waals surface area contributed by atoms with Gasteiger partial charge in [0.1, 0.15) is 23.1 Å². The van der Waals surface area contributed by atoms with Gasteiger partial charge in [0.15, 0.2) is 6.10 Å². The van der Waals surface area contributed by atoms with Gasteiger partial charge in [0.25, 0.3) is 0 Å². The van der Waals surface area contributed by atoms with Crippen LogP contribution < -0.4 is 9.47 Å². The Morgan fingerprint density at radius 2 is 1.76 bits per heavy atom. The van der Waals surface area contributed by atoms with Crippen molar-refractivity contribution >= 4 is 36.8 Å². The molecule has 8 nitrogen and oxygen atoms in total. The zero-order valence-electron chi connectivity index (χ0n) is 16.0. The number of aromatic nitrogens is 1. The Labute approximate surface area is 178 Å². The van der Waals surface area contributed by atoms with E-state index in [1.165, 1.54) is 33.4 Å². The molecule has 0 fully saturated rings. The molecule has 0 radical (unpaired) electrons. The summed E-state index contributed by atoms with van der Waals surface area (Å²) in [6.45, 7) is 1.42. The van der Waals surface area contributed by atoms with Gasteiger partial charge in [-0.15, -0.1) is 0 Å². The number of ether oxygens (including phenoxy) is 3. The Morgan fingerprint density at radius 3 is 2.34 bits per heavy atom. The third-order valence-electron chi connectivity index (χ3n) is 3.62. The molecule has 0 spiro atoms. The van der Waals surface area contributed by atoms with Crippen LogP contribution in [0.3, 0.4) is 0 Å². The van der Waals surface area contributed by atoms with Crippen LogP contribution in [0.2, 0.25) is 10.0 Å². The van der Waals surface area contributed by atoms with Crippen molar-refractivity contribution in [2.45, 2.75) is 13.0 Å². The van der Waals surface area contributed by atoms with Gasteiger partial charge in [0.05, 0.1) is 11.2 Å². The third-order valence-corrected chi connectivity index (χ3v) is 5.94. The lowest BCUT2D eigenvalue weighted by atomic mass is 10.3. The van der Waals surface area contributed by atoms with E-state index in [-0.39, 0.29) is 23.7 Å². The van der Waals surface area contributed by atoms with E-state index in [0.29, 0.717) is 16.5 Å². The number of hydrogen-bond donors (Lipinski definition) is 0. The van der Waals surface area contributed by atoms with Crippen LogP contribution >= 0.6 is 30.8 Å². The average molecular weight is 464 g/mol. The molecule has 1 aromatic heterocycles. The lowest BCUT2D eigenvalue weighted by Crippen LogP contribution is -2.27. The molecule has 0 aliphatic carbocycles. The van der Waals surface area contributed by atoms with Crippen molar-refractivity contribution in [2.24, 2.45) is 0 Å². The molecule has 0 bridgehead atoms. The highest BCUT2D eigenvalue weighted by Gasteiger charge is 2.23. The molecule has 1 aromatic carbocycles. The molecule has 0 saturated carbocycles. The van der Waals surface area contributed by atoms with Gasteiger partial charge in [-0.3, -0.25) is 4.57 Å². The molecule has 158 valence electrons. The molecule has 1 heterocycles. The summed E-state index contributed by atoms with van der Waals surface area (Å²) in [5.74, 6) is 0.503. The minimum Gasteiger partial charge on any atom is -0.479 e. The van der Waals surface area contributed by atoms with Crippen molar-refractivity contribution in [2.75, 3.05) is 27.0 Å². The van der Waals surface area contributed by atoms with Crippen LogP contribution in [-0.4, -0.2) is 44.0 Å². The fraction of sp³-hybridized carbons (Fsp3) is 0.333. The number of rotatable bonds is 10. The Kier molecular flexibility index (Phi) is 8.74. The zero-order valence-corrected chi connectivity index (χ0v) is 18.4. The molecule has 0 N–H and O–H groups in total. The Balaban J connectivity index is 1.86. The second-order valence-corrected chi connectivity index (χ2v) is 8.88. The predicted molar refractivity (Wildman–Crippen MR) is 108 cm³/mol. The molecule has 2 rings (SSSR count). The van der Waals surface area contributed by atoms with Gasteiger partial charge in [-0.1, -0.05) is 23.2 Å². The van der Waals surface area contributed by atoms with E-state index in [0.717, 1.165) is 0 Å². The van der Waals surface area contributed by atoms with E-state index < -0.39 is 19.7 Å². The molecular formula is C18H20Cl2NO7P. The maximum atomic E-state index is 12.0. The highest BCUT2D eigenvalue weighted by Crippen LogP contribution is 2.45. The van der Waals surface area contributed by atoms with Gasteiger partial charge in [-0.25, -0.2) is 9.78 Å². The van der Waals surface area contributed by atoms with E-state index in [1.807, 2.05) is 0 Å². The van der Waals surface area contributed by atoms with Crippen LogP contribution in [0.25, 0.3) is 0 Å². The van der Waals surface area contributed by atoms with Crippen LogP contribution in [-0.2, 0) is 23.1 Å². The number of benzene rings is 1. The molecule has 2 aromatic rings. The van der Waals surface area contributed by atoms with E-state index >= 15 is 0 Å². The molecular weight excluding hydrogens is 444 g/mol. The fourth-order valence-corrected chi connectivity index (χ4v) is 3.31.